The molecule has 1 N–H and O–H groups in total. The molecule has 0 aliphatic carbocycles. The maximum atomic E-state index is 13.2. The standard InChI is InChI=1S/C22H27N3O2/c1-27-21-11-5-3-9-18(21)20-15-23-12-14-24(20)16-22(26)25-13-6-8-17-7-2-4-10-19(17)25/h2-5,7,9-11,20,23H,6,8,12-16H2,1H3. The van der Waals surface area contributed by atoms with Crippen LogP contribution in [0.25, 0.3) is 0 Å². The minimum Gasteiger partial charge on any atom is -0.496 e. The molecule has 2 aliphatic heterocycles. The first-order valence-corrected chi connectivity index (χ1v) is 9.74. The van der Waals surface area contributed by atoms with Crippen LogP contribution in [-0.2, 0) is 11.2 Å². The molecule has 0 spiro atoms. The Morgan fingerprint density at radius 2 is 1.96 bits per heavy atom. The van der Waals surface area contributed by atoms with Crippen LogP contribution in [0.15, 0.2) is 48.5 Å². The Bertz CT molecular complexity index is 808. The quantitative estimate of drug-likeness (QED) is 0.905. The number of hydrogen-bond donors (Lipinski definition) is 1. The monoisotopic (exact) mass is 365 g/mol. The first-order valence-electron chi connectivity index (χ1n) is 9.74. The fourth-order valence-electron chi connectivity index (χ4n) is 4.24. The van der Waals surface area contributed by atoms with Gasteiger partial charge in [0.25, 0.3) is 0 Å². The number of fused-ring (bicyclic) bond motifs is 1. The molecule has 4 rings (SSSR count). The molecule has 1 unspecified atom stereocenters. The summed E-state index contributed by atoms with van der Waals surface area (Å²) in [5.41, 5.74) is 3.50. The number of piperazine rings is 1. The van der Waals surface area contributed by atoms with Crippen LogP contribution in [0.5, 0.6) is 5.75 Å². The average Bonchev–Trinajstić information content (AvgIpc) is 2.73. The van der Waals surface area contributed by atoms with Crippen LogP contribution in [0.1, 0.15) is 23.6 Å². The largest absolute Gasteiger partial charge is 0.496 e. The average molecular weight is 365 g/mol. The molecule has 1 atom stereocenters. The zero-order chi connectivity index (χ0) is 18.6. The van der Waals surface area contributed by atoms with Crippen LogP contribution in [-0.4, -0.2) is 50.6 Å². The van der Waals surface area contributed by atoms with Crippen LogP contribution >= 0.6 is 0 Å². The van der Waals surface area contributed by atoms with E-state index in [1.165, 1.54) is 5.56 Å². The molecule has 5 nitrogen and oxygen atoms in total. The van der Waals surface area contributed by atoms with Crippen LogP contribution in [0.3, 0.4) is 0 Å². The van der Waals surface area contributed by atoms with Crippen molar-refractivity contribution >= 4 is 11.6 Å². The van der Waals surface area contributed by atoms with Gasteiger partial charge in [0.1, 0.15) is 5.75 Å². The highest BCUT2D eigenvalue weighted by Crippen LogP contribution is 2.31. The van der Waals surface area contributed by atoms with E-state index in [2.05, 4.69) is 34.5 Å². The summed E-state index contributed by atoms with van der Waals surface area (Å²) in [6.45, 7) is 3.81. The molecule has 0 radical (unpaired) electrons. The lowest BCUT2D eigenvalue weighted by atomic mass is 10.0. The van der Waals surface area contributed by atoms with Crippen molar-refractivity contribution in [3.05, 3.63) is 59.7 Å². The molecular weight excluding hydrogens is 338 g/mol. The number of methoxy groups -OCH3 is 1. The Morgan fingerprint density at radius 1 is 1.15 bits per heavy atom. The van der Waals surface area contributed by atoms with Crippen molar-refractivity contribution in [2.24, 2.45) is 0 Å². The molecule has 1 amide bonds. The van der Waals surface area contributed by atoms with Crippen molar-refractivity contribution in [1.29, 1.82) is 0 Å². The van der Waals surface area contributed by atoms with Gasteiger partial charge in [0.2, 0.25) is 5.91 Å². The van der Waals surface area contributed by atoms with Crippen LogP contribution in [0.2, 0.25) is 0 Å². The molecule has 2 heterocycles. The first-order chi connectivity index (χ1) is 13.3. The molecule has 1 saturated heterocycles. The minimum absolute atomic E-state index is 0.138. The zero-order valence-electron chi connectivity index (χ0n) is 15.9. The molecule has 0 bridgehead atoms. The number of carbonyl (C=O) groups excluding carboxylic acids is 1. The van der Waals surface area contributed by atoms with E-state index in [4.69, 9.17) is 4.74 Å². The van der Waals surface area contributed by atoms with E-state index in [1.54, 1.807) is 7.11 Å². The third-order valence-corrected chi connectivity index (χ3v) is 5.60. The Hall–Kier alpha value is -2.37. The number of nitrogens with one attached hydrogen (secondary N) is 1. The highest BCUT2D eigenvalue weighted by atomic mass is 16.5. The second-order valence-electron chi connectivity index (χ2n) is 7.21. The van der Waals surface area contributed by atoms with Crippen molar-refractivity contribution in [3.8, 4) is 5.75 Å². The summed E-state index contributed by atoms with van der Waals surface area (Å²) in [5.74, 6) is 1.07. The van der Waals surface area contributed by atoms with Gasteiger partial charge in [-0.2, -0.15) is 0 Å². The summed E-state index contributed by atoms with van der Waals surface area (Å²) >= 11 is 0. The van der Waals surface area contributed by atoms with Gasteiger partial charge in [-0.1, -0.05) is 36.4 Å². The van der Waals surface area contributed by atoms with Gasteiger partial charge < -0.3 is 15.0 Å². The van der Waals surface area contributed by atoms with Crippen LogP contribution in [0.4, 0.5) is 5.69 Å². The van der Waals surface area contributed by atoms with E-state index in [9.17, 15) is 4.79 Å². The summed E-state index contributed by atoms with van der Waals surface area (Å²) in [7, 11) is 1.70. The number of nitrogens with zero attached hydrogens (tertiary/aromatic N) is 2. The molecule has 0 saturated carbocycles. The van der Waals surface area contributed by atoms with Crippen molar-refractivity contribution in [2.75, 3.05) is 44.7 Å². The van der Waals surface area contributed by atoms with Gasteiger partial charge in [-0.15, -0.1) is 0 Å². The predicted octanol–water partition coefficient (Wildman–Crippen LogP) is 2.62. The number of aryl methyl sites for hydroxylation is 1. The van der Waals surface area contributed by atoms with E-state index >= 15 is 0 Å². The van der Waals surface area contributed by atoms with E-state index in [0.29, 0.717) is 6.54 Å². The third-order valence-electron chi connectivity index (χ3n) is 5.60. The SMILES string of the molecule is COc1ccccc1C1CNCCN1CC(=O)N1CCCc2ccccc21. The number of carbonyl (C=O) groups is 1. The number of para-hydroxylation sites is 2. The number of benzene rings is 2. The maximum Gasteiger partial charge on any atom is 0.241 e. The fraction of sp³-hybridized carbons (Fsp3) is 0.409. The van der Waals surface area contributed by atoms with E-state index in [1.807, 2.05) is 29.2 Å². The van der Waals surface area contributed by atoms with Gasteiger partial charge in [-0.05, 0) is 30.5 Å². The lowest BCUT2D eigenvalue weighted by Crippen LogP contribution is -2.51. The Labute approximate surface area is 160 Å². The Kier molecular flexibility index (Phi) is 5.41. The van der Waals surface area contributed by atoms with Crippen molar-refractivity contribution < 1.29 is 9.53 Å². The summed E-state index contributed by atoms with van der Waals surface area (Å²) in [5, 5.41) is 3.46. The molecule has 2 aromatic carbocycles. The van der Waals surface area contributed by atoms with Crippen LogP contribution in [0, 0.1) is 0 Å². The number of hydrogen-bond acceptors (Lipinski definition) is 4. The molecule has 1 fully saturated rings. The van der Waals surface area contributed by atoms with Gasteiger partial charge in [0.15, 0.2) is 0 Å². The second kappa shape index (κ2) is 8.11. The highest BCUT2D eigenvalue weighted by molar-refractivity contribution is 5.96. The Balaban J connectivity index is 1.55. The van der Waals surface area contributed by atoms with Gasteiger partial charge in [0, 0.05) is 37.4 Å². The summed E-state index contributed by atoms with van der Waals surface area (Å²) in [6.07, 6.45) is 2.08. The zero-order valence-corrected chi connectivity index (χ0v) is 15.9. The van der Waals surface area contributed by atoms with Gasteiger partial charge in [-0.3, -0.25) is 9.69 Å². The lowest BCUT2D eigenvalue weighted by Gasteiger charge is -2.38. The second-order valence-corrected chi connectivity index (χ2v) is 7.21. The predicted molar refractivity (Wildman–Crippen MR) is 107 cm³/mol. The van der Waals surface area contributed by atoms with Crippen molar-refractivity contribution in [1.82, 2.24) is 10.2 Å². The van der Waals surface area contributed by atoms with Crippen LogP contribution < -0.4 is 15.0 Å². The Morgan fingerprint density at radius 3 is 2.85 bits per heavy atom. The summed E-state index contributed by atoms with van der Waals surface area (Å²) < 4.78 is 5.56. The van der Waals surface area contributed by atoms with Crippen molar-refractivity contribution in [2.45, 2.75) is 18.9 Å². The van der Waals surface area contributed by atoms with Gasteiger partial charge >= 0.3 is 0 Å². The minimum atomic E-state index is 0.138. The number of anilines is 1. The van der Waals surface area contributed by atoms with Gasteiger partial charge in [0.05, 0.1) is 19.7 Å². The molecule has 0 aromatic heterocycles. The normalized spacial score (nSPS) is 20.2. The summed E-state index contributed by atoms with van der Waals surface area (Å²) in [6, 6.07) is 16.5. The fourth-order valence-corrected chi connectivity index (χ4v) is 4.24. The van der Waals surface area contributed by atoms with E-state index in [-0.39, 0.29) is 11.9 Å². The highest BCUT2D eigenvalue weighted by Gasteiger charge is 2.30. The van der Waals surface area contributed by atoms with E-state index < -0.39 is 0 Å². The van der Waals surface area contributed by atoms with Crippen molar-refractivity contribution in [3.63, 3.8) is 0 Å². The molecule has 2 aromatic rings. The molecule has 2 aliphatic rings. The van der Waals surface area contributed by atoms with Gasteiger partial charge in [-0.25, -0.2) is 0 Å². The summed E-state index contributed by atoms with van der Waals surface area (Å²) in [4.78, 5) is 17.5. The molecule has 5 heteroatoms. The molecular formula is C22H27N3O2. The maximum absolute atomic E-state index is 13.2. The first kappa shape index (κ1) is 18.0. The lowest BCUT2D eigenvalue weighted by molar-refractivity contribution is -0.120. The number of amides is 1. The smallest absolute Gasteiger partial charge is 0.241 e. The molecule has 142 valence electrons. The topological polar surface area (TPSA) is 44.8 Å². The van der Waals surface area contributed by atoms with E-state index in [0.717, 1.165) is 56.0 Å². The number of rotatable bonds is 4. The molecule has 27 heavy (non-hydrogen) atoms. The number of ether oxygens (including phenoxy) is 1. The third kappa shape index (κ3) is 3.70.